The minimum atomic E-state index is -0.904. The van der Waals surface area contributed by atoms with Crippen LogP contribution >= 0.6 is 12.4 Å². The maximum absolute atomic E-state index is 12.6. The van der Waals surface area contributed by atoms with Gasteiger partial charge in [0.05, 0.1) is 25.5 Å². The normalized spacial score (nSPS) is 16.6. The third kappa shape index (κ3) is 6.58. The van der Waals surface area contributed by atoms with Crippen molar-refractivity contribution in [2.24, 2.45) is 11.1 Å². The number of hydrogen-bond donors (Lipinski definition) is 2. The van der Waals surface area contributed by atoms with E-state index in [1.807, 2.05) is 25.3 Å². The predicted octanol–water partition coefficient (Wildman–Crippen LogP) is 5.39. The molecule has 0 saturated carbocycles. The van der Waals surface area contributed by atoms with Crippen LogP contribution in [0.15, 0.2) is 35.3 Å². The van der Waals surface area contributed by atoms with E-state index in [0.717, 1.165) is 38.6 Å². The summed E-state index contributed by atoms with van der Waals surface area (Å²) in [4.78, 5) is 24.8. The molecular formula is C27H39ClN2O5. The molecular weight excluding hydrogens is 468 g/mol. The zero-order chi connectivity index (χ0) is 24.9. The van der Waals surface area contributed by atoms with E-state index in [1.165, 1.54) is 12.5 Å². The fourth-order valence-electron chi connectivity index (χ4n) is 4.93. The van der Waals surface area contributed by atoms with Crippen LogP contribution < -0.4 is 20.6 Å². The Bertz CT molecular complexity index is 1060. The zero-order valence-electron chi connectivity index (χ0n) is 21.2. The first-order valence-electron chi connectivity index (χ1n) is 12.2. The number of fused-ring (bicyclic) bond motifs is 3. The molecule has 2 atom stereocenters. The molecule has 35 heavy (non-hydrogen) atoms. The summed E-state index contributed by atoms with van der Waals surface area (Å²) >= 11 is 0. The van der Waals surface area contributed by atoms with E-state index in [9.17, 15) is 14.7 Å². The summed E-state index contributed by atoms with van der Waals surface area (Å²) in [6.07, 6.45) is 8.23. The van der Waals surface area contributed by atoms with Crippen LogP contribution in [0.1, 0.15) is 76.8 Å². The molecule has 1 aromatic carbocycles. The number of aromatic nitrogens is 1. The zero-order valence-corrected chi connectivity index (χ0v) is 22.0. The summed E-state index contributed by atoms with van der Waals surface area (Å²) < 4.78 is 13.6. The van der Waals surface area contributed by atoms with Gasteiger partial charge in [-0.25, -0.2) is 0 Å². The number of rotatable bonds is 11. The summed E-state index contributed by atoms with van der Waals surface area (Å²) in [5.74, 6) is -0.627. The Balaban J connectivity index is 0.00000432. The van der Waals surface area contributed by atoms with E-state index in [2.05, 4.69) is 0 Å². The van der Waals surface area contributed by atoms with Crippen LogP contribution in [0.5, 0.6) is 11.5 Å². The standard InChI is InChI=1S/C27H38N2O5.ClH/c1-27(2,3)25-24(26(31)32)20-17-23(34-14-10-8-6-5-7-9-12-28)22(33-4)16-19(20)21-15-18(30)11-13-29(21)25;/h11,13,15-17,24-25H,5-10,12,14,28H2,1-4H3,(H,31,32);1H. The average molecular weight is 507 g/mol. The van der Waals surface area contributed by atoms with Crippen molar-refractivity contribution in [1.82, 2.24) is 4.57 Å². The number of nitrogens with two attached hydrogens (primary N) is 1. The molecule has 0 fully saturated rings. The molecule has 0 aliphatic carbocycles. The lowest BCUT2D eigenvalue weighted by molar-refractivity contribution is -0.141. The molecule has 2 unspecified atom stereocenters. The van der Waals surface area contributed by atoms with E-state index < -0.39 is 11.9 Å². The lowest BCUT2D eigenvalue weighted by atomic mass is 9.72. The first kappa shape index (κ1) is 28.7. The summed E-state index contributed by atoms with van der Waals surface area (Å²) in [5.41, 5.74) is 7.09. The fraction of sp³-hybridized carbons (Fsp3) is 0.556. The van der Waals surface area contributed by atoms with Crippen molar-refractivity contribution in [3.63, 3.8) is 0 Å². The van der Waals surface area contributed by atoms with Crippen molar-refractivity contribution < 1.29 is 19.4 Å². The Labute approximate surface area is 214 Å². The highest BCUT2D eigenvalue weighted by molar-refractivity contribution is 5.85. The topological polar surface area (TPSA) is 104 Å². The second kappa shape index (κ2) is 12.5. The number of pyridine rings is 1. The van der Waals surface area contributed by atoms with Crippen LogP contribution in [0.25, 0.3) is 11.3 Å². The largest absolute Gasteiger partial charge is 0.493 e. The van der Waals surface area contributed by atoms with E-state index in [4.69, 9.17) is 15.2 Å². The quantitative estimate of drug-likeness (QED) is 0.396. The van der Waals surface area contributed by atoms with Gasteiger partial charge in [-0.2, -0.15) is 0 Å². The van der Waals surface area contributed by atoms with Gasteiger partial charge in [0.15, 0.2) is 16.9 Å². The maximum atomic E-state index is 12.6. The van der Waals surface area contributed by atoms with Gasteiger partial charge < -0.3 is 24.9 Å². The number of unbranched alkanes of at least 4 members (excludes halogenated alkanes) is 5. The second-order valence-corrected chi connectivity index (χ2v) is 10.1. The number of hydrogen-bond acceptors (Lipinski definition) is 5. The van der Waals surface area contributed by atoms with Crippen molar-refractivity contribution in [3.05, 3.63) is 46.2 Å². The minimum absolute atomic E-state index is 0. The Morgan fingerprint density at radius 2 is 1.71 bits per heavy atom. The van der Waals surface area contributed by atoms with Crippen LogP contribution in [0.2, 0.25) is 0 Å². The third-order valence-electron chi connectivity index (χ3n) is 6.53. The van der Waals surface area contributed by atoms with Crippen LogP contribution in [0, 0.1) is 5.41 Å². The molecule has 0 saturated heterocycles. The predicted molar refractivity (Wildman–Crippen MR) is 141 cm³/mol. The molecule has 1 aromatic heterocycles. The van der Waals surface area contributed by atoms with Crippen molar-refractivity contribution >= 4 is 18.4 Å². The fourth-order valence-corrected chi connectivity index (χ4v) is 4.93. The summed E-state index contributed by atoms with van der Waals surface area (Å²) in [7, 11) is 1.57. The summed E-state index contributed by atoms with van der Waals surface area (Å²) in [5, 5.41) is 10.3. The monoisotopic (exact) mass is 506 g/mol. The first-order chi connectivity index (χ1) is 16.2. The van der Waals surface area contributed by atoms with Crippen molar-refractivity contribution in [2.75, 3.05) is 20.3 Å². The van der Waals surface area contributed by atoms with Gasteiger partial charge in [-0.1, -0.05) is 46.5 Å². The number of carboxylic acids is 1. The SMILES string of the molecule is COc1cc2c(cc1OCCCCCCCCN)C(C(=O)O)C(C(C)(C)C)n1ccc(=O)cc1-2.Cl. The Morgan fingerprint density at radius 1 is 1.06 bits per heavy atom. The van der Waals surface area contributed by atoms with Crippen molar-refractivity contribution in [3.8, 4) is 22.8 Å². The first-order valence-corrected chi connectivity index (χ1v) is 12.2. The molecule has 3 N–H and O–H groups in total. The number of aliphatic carboxylic acids is 1. The van der Waals surface area contributed by atoms with Gasteiger partial charge >= 0.3 is 5.97 Å². The molecule has 7 nitrogen and oxygen atoms in total. The van der Waals surface area contributed by atoms with Gasteiger partial charge in [-0.15, -0.1) is 12.4 Å². The molecule has 194 valence electrons. The van der Waals surface area contributed by atoms with E-state index in [-0.39, 0.29) is 29.3 Å². The molecule has 1 aliphatic heterocycles. The molecule has 0 amide bonds. The van der Waals surface area contributed by atoms with Crippen LogP contribution in [-0.2, 0) is 4.79 Å². The van der Waals surface area contributed by atoms with Gasteiger partial charge in [0.1, 0.15) is 5.92 Å². The molecule has 0 bridgehead atoms. The molecule has 2 aromatic rings. The molecule has 0 spiro atoms. The second-order valence-electron chi connectivity index (χ2n) is 10.1. The molecule has 3 rings (SSSR count). The van der Waals surface area contributed by atoms with Crippen LogP contribution in [0.4, 0.5) is 0 Å². The van der Waals surface area contributed by atoms with Gasteiger partial charge in [-0.3, -0.25) is 9.59 Å². The number of carboxylic acid groups (broad SMARTS) is 1. The molecule has 0 radical (unpaired) electrons. The van der Waals surface area contributed by atoms with Crippen LogP contribution in [-0.4, -0.2) is 35.9 Å². The van der Waals surface area contributed by atoms with E-state index in [1.54, 1.807) is 31.5 Å². The van der Waals surface area contributed by atoms with Crippen LogP contribution in [0.3, 0.4) is 0 Å². The average Bonchev–Trinajstić information content (AvgIpc) is 2.78. The van der Waals surface area contributed by atoms with E-state index >= 15 is 0 Å². The number of halogens is 1. The Kier molecular flexibility index (Phi) is 10.2. The minimum Gasteiger partial charge on any atom is -0.493 e. The maximum Gasteiger partial charge on any atom is 0.313 e. The highest BCUT2D eigenvalue weighted by atomic mass is 35.5. The third-order valence-corrected chi connectivity index (χ3v) is 6.53. The van der Waals surface area contributed by atoms with Gasteiger partial charge in [0.2, 0.25) is 0 Å². The Morgan fingerprint density at radius 3 is 2.31 bits per heavy atom. The number of nitrogens with zero attached hydrogens (tertiary/aromatic N) is 1. The lowest BCUT2D eigenvalue weighted by Gasteiger charge is -2.42. The number of carbonyl (C=O) groups is 1. The highest BCUT2D eigenvalue weighted by Crippen LogP contribution is 2.51. The number of benzene rings is 1. The highest BCUT2D eigenvalue weighted by Gasteiger charge is 2.44. The van der Waals surface area contributed by atoms with Crippen molar-refractivity contribution in [2.45, 2.75) is 71.3 Å². The number of methoxy groups -OCH3 is 1. The lowest BCUT2D eigenvalue weighted by Crippen LogP contribution is -2.38. The van der Waals surface area contributed by atoms with E-state index in [0.29, 0.717) is 34.9 Å². The summed E-state index contributed by atoms with van der Waals surface area (Å²) in [6, 6.07) is 6.28. The summed E-state index contributed by atoms with van der Waals surface area (Å²) in [6.45, 7) is 7.34. The van der Waals surface area contributed by atoms with Gasteiger partial charge in [-0.05, 0) is 42.5 Å². The molecule has 8 heteroatoms. The van der Waals surface area contributed by atoms with Crippen molar-refractivity contribution in [1.29, 1.82) is 0 Å². The van der Waals surface area contributed by atoms with Gasteiger partial charge in [0, 0.05) is 23.9 Å². The van der Waals surface area contributed by atoms with Gasteiger partial charge in [0.25, 0.3) is 0 Å². The Hall–Kier alpha value is -2.51. The number of ether oxygens (including phenoxy) is 2. The smallest absolute Gasteiger partial charge is 0.313 e. The molecule has 1 aliphatic rings. The molecule has 2 heterocycles.